The van der Waals surface area contributed by atoms with Crippen LogP contribution in [0.4, 0.5) is 0 Å². The van der Waals surface area contributed by atoms with E-state index in [2.05, 4.69) is 4.72 Å². The van der Waals surface area contributed by atoms with E-state index in [1.54, 1.807) is 7.11 Å². The summed E-state index contributed by atoms with van der Waals surface area (Å²) in [5, 5.41) is 0. The predicted molar refractivity (Wildman–Crippen MR) is 94.2 cm³/mol. The third kappa shape index (κ3) is 6.01. The van der Waals surface area contributed by atoms with Crippen molar-refractivity contribution in [1.29, 1.82) is 0 Å². The number of hydrogen-bond acceptors (Lipinski definition) is 4. The van der Waals surface area contributed by atoms with Crippen LogP contribution in [0, 0.1) is 5.92 Å². The molecule has 1 heterocycles. The van der Waals surface area contributed by atoms with Gasteiger partial charge in [-0.3, -0.25) is 4.79 Å². The van der Waals surface area contributed by atoms with Gasteiger partial charge in [-0.25, -0.2) is 13.1 Å². The fraction of sp³-hybridized carbons (Fsp3) is 0.941. The predicted octanol–water partition coefficient (Wildman–Crippen LogP) is 1.90. The summed E-state index contributed by atoms with van der Waals surface area (Å²) < 4.78 is 31.3. The van der Waals surface area contributed by atoms with E-state index in [4.69, 9.17) is 4.74 Å². The van der Waals surface area contributed by atoms with Crippen LogP contribution in [0.15, 0.2) is 0 Å². The number of nitrogens with zero attached hydrogens (tertiary/aromatic N) is 1. The second kappa shape index (κ2) is 8.63. The molecule has 1 amide bonds. The van der Waals surface area contributed by atoms with E-state index in [1.807, 2.05) is 4.90 Å². The van der Waals surface area contributed by atoms with Gasteiger partial charge in [0.2, 0.25) is 15.9 Å². The van der Waals surface area contributed by atoms with Crippen molar-refractivity contribution < 1.29 is 17.9 Å². The van der Waals surface area contributed by atoms with E-state index < -0.39 is 15.6 Å². The minimum atomic E-state index is -3.32. The summed E-state index contributed by atoms with van der Waals surface area (Å²) in [6.45, 7) is 1.55. The summed E-state index contributed by atoms with van der Waals surface area (Å²) in [7, 11) is -1.71. The first-order valence-corrected chi connectivity index (χ1v) is 11.0. The monoisotopic (exact) mass is 360 g/mol. The van der Waals surface area contributed by atoms with Gasteiger partial charge in [0.25, 0.3) is 0 Å². The molecule has 140 valence electrons. The molecule has 1 saturated heterocycles. The molecule has 0 radical (unpaired) electrons. The highest BCUT2D eigenvalue weighted by atomic mass is 32.2. The number of methoxy groups -OCH3 is 1. The van der Waals surface area contributed by atoms with E-state index in [-0.39, 0.29) is 5.91 Å². The molecule has 0 aromatic rings. The van der Waals surface area contributed by atoms with Crippen LogP contribution in [0.5, 0.6) is 0 Å². The van der Waals surface area contributed by atoms with Gasteiger partial charge >= 0.3 is 0 Å². The van der Waals surface area contributed by atoms with E-state index in [1.165, 1.54) is 38.4 Å². The topological polar surface area (TPSA) is 75.7 Å². The molecule has 1 aliphatic carbocycles. The molecule has 24 heavy (non-hydrogen) atoms. The number of amides is 1. The van der Waals surface area contributed by atoms with Crippen LogP contribution in [-0.2, 0) is 19.6 Å². The number of ether oxygens (including phenoxy) is 1. The third-order valence-electron chi connectivity index (χ3n) is 5.38. The zero-order chi connectivity index (χ0) is 17.6. The molecule has 1 aliphatic heterocycles. The summed E-state index contributed by atoms with van der Waals surface area (Å²) in [4.78, 5) is 14.4. The van der Waals surface area contributed by atoms with Gasteiger partial charge in [-0.05, 0) is 25.2 Å². The normalized spacial score (nSPS) is 26.0. The largest absolute Gasteiger partial charge is 0.385 e. The Morgan fingerprint density at radius 1 is 1.29 bits per heavy atom. The van der Waals surface area contributed by atoms with Crippen molar-refractivity contribution in [2.45, 2.75) is 63.3 Å². The van der Waals surface area contributed by atoms with Crippen LogP contribution < -0.4 is 4.72 Å². The minimum absolute atomic E-state index is 0.162. The molecule has 0 aromatic heterocycles. The van der Waals surface area contributed by atoms with Gasteiger partial charge in [-0.2, -0.15) is 0 Å². The highest BCUT2D eigenvalue weighted by molar-refractivity contribution is 7.88. The number of sulfonamides is 1. The van der Waals surface area contributed by atoms with Crippen LogP contribution >= 0.6 is 0 Å². The molecule has 1 atom stereocenters. The molecule has 2 rings (SSSR count). The molecule has 0 bridgehead atoms. The molecule has 1 N–H and O–H groups in total. The molecular formula is C17H32N2O4S. The Kier molecular flexibility index (Phi) is 7.07. The first kappa shape index (κ1) is 19.7. The SMILES string of the molecule is COCCC1(NS(C)(=O)=O)CCN(C(=O)CCC2CCCCC2)C1. The standard InChI is InChI=1S/C17H32N2O4S/c1-23-13-11-17(18-24(2,21)22)10-12-19(14-17)16(20)9-8-15-6-4-3-5-7-15/h15,18H,3-14H2,1-2H3. The maximum Gasteiger partial charge on any atom is 0.222 e. The zero-order valence-corrected chi connectivity index (χ0v) is 15.9. The summed E-state index contributed by atoms with van der Waals surface area (Å²) in [5.41, 5.74) is -0.579. The molecule has 0 aromatic carbocycles. The van der Waals surface area contributed by atoms with Crippen LogP contribution in [0.3, 0.4) is 0 Å². The van der Waals surface area contributed by atoms with Gasteiger partial charge in [0.15, 0.2) is 0 Å². The van der Waals surface area contributed by atoms with Gasteiger partial charge in [0, 0.05) is 33.2 Å². The zero-order valence-electron chi connectivity index (χ0n) is 15.1. The number of nitrogens with one attached hydrogen (secondary N) is 1. The number of rotatable bonds is 8. The van der Waals surface area contributed by atoms with Crippen LogP contribution in [0.25, 0.3) is 0 Å². The Labute approximate surface area is 146 Å². The van der Waals surface area contributed by atoms with Gasteiger partial charge in [-0.1, -0.05) is 32.1 Å². The molecule has 1 unspecified atom stereocenters. The van der Waals surface area contributed by atoms with Gasteiger partial charge in [0.1, 0.15) is 0 Å². The second-order valence-corrected chi connectivity index (χ2v) is 9.25. The fourth-order valence-corrected chi connectivity index (χ4v) is 5.13. The van der Waals surface area contributed by atoms with Gasteiger partial charge in [-0.15, -0.1) is 0 Å². The smallest absolute Gasteiger partial charge is 0.222 e. The number of carbonyl (C=O) groups excluding carboxylic acids is 1. The van der Waals surface area contributed by atoms with Crippen molar-refractivity contribution in [3.63, 3.8) is 0 Å². The van der Waals surface area contributed by atoms with Crippen molar-refractivity contribution in [3.8, 4) is 0 Å². The maximum atomic E-state index is 12.5. The van der Waals surface area contributed by atoms with E-state index >= 15 is 0 Å². The van der Waals surface area contributed by atoms with Crippen molar-refractivity contribution in [2.24, 2.45) is 5.92 Å². The number of likely N-dealkylation sites (tertiary alicyclic amines) is 1. The molecule has 6 nitrogen and oxygen atoms in total. The Morgan fingerprint density at radius 3 is 2.62 bits per heavy atom. The highest BCUT2D eigenvalue weighted by Crippen LogP contribution is 2.30. The quantitative estimate of drug-likeness (QED) is 0.717. The lowest BCUT2D eigenvalue weighted by molar-refractivity contribution is -0.130. The highest BCUT2D eigenvalue weighted by Gasteiger charge is 2.41. The average Bonchev–Trinajstić information content (AvgIpc) is 2.94. The first-order valence-electron chi connectivity index (χ1n) is 9.09. The Balaban J connectivity index is 1.88. The van der Waals surface area contributed by atoms with Crippen LogP contribution in [0.1, 0.15) is 57.8 Å². The third-order valence-corrected chi connectivity index (χ3v) is 6.19. The lowest BCUT2D eigenvalue weighted by Gasteiger charge is -2.29. The molecule has 1 saturated carbocycles. The van der Waals surface area contributed by atoms with Crippen molar-refractivity contribution in [2.75, 3.05) is 33.1 Å². The molecule has 0 spiro atoms. The Bertz CT molecular complexity index is 517. The van der Waals surface area contributed by atoms with E-state index in [0.29, 0.717) is 44.9 Å². The second-order valence-electron chi connectivity index (χ2n) is 7.51. The summed E-state index contributed by atoms with van der Waals surface area (Å²) in [6, 6.07) is 0. The summed E-state index contributed by atoms with van der Waals surface area (Å²) >= 11 is 0. The van der Waals surface area contributed by atoms with Gasteiger partial charge < -0.3 is 9.64 Å². The molecule has 2 fully saturated rings. The Hall–Kier alpha value is -0.660. The van der Waals surface area contributed by atoms with Crippen molar-refractivity contribution in [1.82, 2.24) is 9.62 Å². The lowest BCUT2D eigenvalue weighted by atomic mass is 9.86. The first-order chi connectivity index (χ1) is 11.3. The minimum Gasteiger partial charge on any atom is -0.385 e. The van der Waals surface area contributed by atoms with E-state index in [0.717, 1.165) is 6.42 Å². The molecule has 2 aliphatic rings. The molecule has 7 heteroatoms. The maximum absolute atomic E-state index is 12.5. The summed E-state index contributed by atoms with van der Waals surface area (Å²) in [5.74, 6) is 0.855. The van der Waals surface area contributed by atoms with Crippen molar-refractivity contribution >= 4 is 15.9 Å². The molecular weight excluding hydrogens is 328 g/mol. The Morgan fingerprint density at radius 2 is 2.00 bits per heavy atom. The summed E-state index contributed by atoms with van der Waals surface area (Å²) in [6.07, 6.45) is 10.4. The lowest BCUT2D eigenvalue weighted by Crippen LogP contribution is -2.51. The van der Waals surface area contributed by atoms with Crippen LogP contribution in [0.2, 0.25) is 0 Å². The number of hydrogen-bond donors (Lipinski definition) is 1. The average molecular weight is 361 g/mol. The number of carbonyl (C=O) groups is 1. The fourth-order valence-electron chi connectivity index (χ4n) is 4.08. The van der Waals surface area contributed by atoms with Crippen molar-refractivity contribution in [3.05, 3.63) is 0 Å². The van der Waals surface area contributed by atoms with Gasteiger partial charge in [0.05, 0.1) is 11.8 Å². The van der Waals surface area contributed by atoms with E-state index in [9.17, 15) is 13.2 Å². The van der Waals surface area contributed by atoms with Crippen LogP contribution in [-0.4, -0.2) is 57.8 Å².